The summed E-state index contributed by atoms with van der Waals surface area (Å²) < 4.78 is 26.3. The van der Waals surface area contributed by atoms with E-state index in [9.17, 15) is 18.0 Å². The zero-order valence-corrected chi connectivity index (χ0v) is 23.3. The predicted octanol–water partition coefficient (Wildman–Crippen LogP) is 3.27. The maximum Gasteiger partial charge on any atom is 0.240 e. The number of anilines is 1. The van der Waals surface area contributed by atoms with E-state index < -0.39 is 10.0 Å². The first-order valence-electron chi connectivity index (χ1n) is 13.0. The number of rotatable bonds is 7. The quantitative estimate of drug-likeness (QED) is 0.596. The summed E-state index contributed by atoms with van der Waals surface area (Å²) >= 11 is 0. The number of benzene rings is 2. The summed E-state index contributed by atoms with van der Waals surface area (Å²) in [7, 11) is -2.11. The molecule has 1 aliphatic rings. The Morgan fingerprint density at radius 1 is 0.973 bits per heavy atom. The fraction of sp³-hybridized carbons (Fsp3) is 0.500. The minimum atomic E-state index is -3.49. The van der Waals surface area contributed by atoms with Crippen LogP contribution in [0.4, 0.5) is 5.69 Å². The van der Waals surface area contributed by atoms with Crippen LogP contribution >= 0.6 is 0 Å². The SMILES string of the molecule is CNS(=O)(=O)c1ccc(CCC(=O)N2CCN(CC(C)C)CCCN(C(C)=O)c3ccccc3C2)cc1. The lowest BCUT2D eigenvalue weighted by molar-refractivity contribution is -0.132. The summed E-state index contributed by atoms with van der Waals surface area (Å²) in [4.78, 5) is 32.3. The lowest BCUT2D eigenvalue weighted by Crippen LogP contribution is -2.40. The highest BCUT2D eigenvalue weighted by Gasteiger charge is 2.22. The number of fused-ring (bicyclic) bond motifs is 1. The molecule has 1 aliphatic heterocycles. The Balaban J connectivity index is 1.80. The third-order valence-electron chi connectivity index (χ3n) is 6.67. The molecule has 2 aromatic rings. The number of hydrogen-bond donors (Lipinski definition) is 1. The Labute approximate surface area is 221 Å². The topological polar surface area (TPSA) is 90.0 Å². The normalized spacial score (nSPS) is 15.8. The van der Waals surface area contributed by atoms with Crippen molar-refractivity contribution in [2.75, 3.05) is 44.7 Å². The standard InChI is InChI=1S/C28H40N4O4S/c1-22(2)20-30-16-7-17-32(23(3)33)27-9-6-5-8-25(27)21-31(19-18-30)28(34)15-12-24-10-13-26(14-11-24)37(35,36)29-4/h5-6,8-11,13-14,22,29H,7,12,15-21H2,1-4H3. The molecule has 37 heavy (non-hydrogen) atoms. The minimum absolute atomic E-state index is 0.00344. The highest BCUT2D eigenvalue weighted by atomic mass is 32.2. The van der Waals surface area contributed by atoms with Crippen LogP contribution in [-0.4, -0.2) is 69.8 Å². The molecule has 1 heterocycles. The van der Waals surface area contributed by atoms with Gasteiger partial charge < -0.3 is 14.7 Å². The van der Waals surface area contributed by atoms with Crippen molar-refractivity contribution in [1.82, 2.24) is 14.5 Å². The molecule has 1 N–H and O–H groups in total. The molecule has 2 amide bonds. The largest absolute Gasteiger partial charge is 0.337 e. The Kier molecular flexibility index (Phi) is 10.3. The number of nitrogens with one attached hydrogen (secondary N) is 1. The van der Waals surface area contributed by atoms with Gasteiger partial charge in [0.15, 0.2) is 0 Å². The lowest BCUT2D eigenvalue weighted by atomic mass is 10.1. The molecule has 0 spiro atoms. The van der Waals surface area contributed by atoms with Crippen LogP contribution in [0.25, 0.3) is 0 Å². The number of carbonyl (C=O) groups is 2. The number of para-hydroxylation sites is 1. The first-order valence-corrected chi connectivity index (χ1v) is 14.5. The van der Waals surface area contributed by atoms with Crippen LogP contribution < -0.4 is 9.62 Å². The van der Waals surface area contributed by atoms with Gasteiger partial charge in [-0.15, -0.1) is 0 Å². The second kappa shape index (κ2) is 13.2. The molecule has 0 bridgehead atoms. The third-order valence-corrected chi connectivity index (χ3v) is 8.10. The summed E-state index contributed by atoms with van der Waals surface area (Å²) in [6.45, 7) is 10.3. The van der Waals surface area contributed by atoms with Crippen LogP contribution in [0, 0.1) is 5.92 Å². The van der Waals surface area contributed by atoms with Crippen LogP contribution in [0.15, 0.2) is 53.4 Å². The highest BCUT2D eigenvalue weighted by Crippen LogP contribution is 2.24. The van der Waals surface area contributed by atoms with Crippen molar-refractivity contribution in [3.8, 4) is 0 Å². The van der Waals surface area contributed by atoms with Gasteiger partial charge in [-0.1, -0.05) is 44.2 Å². The molecule has 0 unspecified atom stereocenters. The van der Waals surface area contributed by atoms with Gasteiger partial charge in [0.2, 0.25) is 21.8 Å². The second-order valence-electron chi connectivity index (χ2n) is 10.0. The van der Waals surface area contributed by atoms with Gasteiger partial charge in [0.25, 0.3) is 0 Å². The Morgan fingerprint density at radius 3 is 2.32 bits per heavy atom. The van der Waals surface area contributed by atoms with Gasteiger partial charge >= 0.3 is 0 Å². The van der Waals surface area contributed by atoms with Gasteiger partial charge in [-0.3, -0.25) is 9.59 Å². The number of hydrogen-bond acceptors (Lipinski definition) is 5. The summed E-state index contributed by atoms with van der Waals surface area (Å²) in [6.07, 6.45) is 1.71. The van der Waals surface area contributed by atoms with Gasteiger partial charge in [-0.25, -0.2) is 13.1 Å². The van der Waals surface area contributed by atoms with E-state index in [1.165, 1.54) is 7.05 Å². The van der Waals surface area contributed by atoms with Crippen molar-refractivity contribution >= 4 is 27.5 Å². The van der Waals surface area contributed by atoms with Crippen LogP contribution in [-0.2, 0) is 32.6 Å². The summed E-state index contributed by atoms with van der Waals surface area (Å²) in [6, 6.07) is 14.5. The van der Waals surface area contributed by atoms with E-state index in [0.717, 1.165) is 42.9 Å². The van der Waals surface area contributed by atoms with E-state index in [-0.39, 0.29) is 16.7 Å². The summed E-state index contributed by atoms with van der Waals surface area (Å²) in [5, 5.41) is 0. The van der Waals surface area contributed by atoms with Crippen molar-refractivity contribution in [2.24, 2.45) is 5.92 Å². The molecular formula is C28H40N4O4S. The fourth-order valence-corrected chi connectivity index (χ4v) is 5.47. The number of nitrogens with zero attached hydrogens (tertiary/aromatic N) is 3. The number of amides is 2. The van der Waals surface area contributed by atoms with Gasteiger partial charge in [0, 0.05) is 51.8 Å². The smallest absolute Gasteiger partial charge is 0.240 e. The molecule has 8 nitrogen and oxygen atoms in total. The third kappa shape index (κ3) is 8.12. The van der Waals surface area contributed by atoms with E-state index in [0.29, 0.717) is 38.4 Å². The second-order valence-corrected chi connectivity index (χ2v) is 11.9. The minimum Gasteiger partial charge on any atom is -0.337 e. The molecule has 0 saturated heterocycles. The maximum atomic E-state index is 13.5. The van der Waals surface area contributed by atoms with Gasteiger partial charge in [-0.2, -0.15) is 0 Å². The van der Waals surface area contributed by atoms with Gasteiger partial charge in [-0.05, 0) is 61.7 Å². The van der Waals surface area contributed by atoms with Crippen LogP contribution in [0.1, 0.15) is 44.7 Å². The molecule has 0 saturated carbocycles. The monoisotopic (exact) mass is 528 g/mol. The lowest BCUT2D eigenvalue weighted by Gasteiger charge is -2.29. The van der Waals surface area contributed by atoms with E-state index in [2.05, 4.69) is 23.5 Å². The zero-order chi connectivity index (χ0) is 27.0. The van der Waals surface area contributed by atoms with Gasteiger partial charge in [0.05, 0.1) is 4.90 Å². The number of carbonyl (C=O) groups excluding carboxylic acids is 2. The molecule has 202 valence electrons. The van der Waals surface area contributed by atoms with Crippen molar-refractivity contribution in [1.29, 1.82) is 0 Å². The van der Waals surface area contributed by atoms with Crippen LogP contribution in [0.5, 0.6) is 0 Å². The molecule has 0 aromatic heterocycles. The van der Waals surface area contributed by atoms with Gasteiger partial charge in [0.1, 0.15) is 0 Å². The molecule has 0 aliphatic carbocycles. The molecule has 0 atom stereocenters. The number of sulfonamides is 1. The maximum absolute atomic E-state index is 13.5. The zero-order valence-electron chi connectivity index (χ0n) is 22.4. The first-order chi connectivity index (χ1) is 17.6. The Bertz CT molecular complexity index is 1160. The van der Waals surface area contributed by atoms with Crippen LogP contribution in [0.3, 0.4) is 0 Å². The summed E-state index contributed by atoms with van der Waals surface area (Å²) in [5.41, 5.74) is 2.74. The number of aryl methyl sites for hydroxylation is 1. The van der Waals surface area contributed by atoms with E-state index in [1.807, 2.05) is 34.1 Å². The fourth-order valence-electron chi connectivity index (χ4n) is 4.74. The molecule has 2 aromatic carbocycles. The molecule has 9 heteroatoms. The molecule has 0 fully saturated rings. The highest BCUT2D eigenvalue weighted by molar-refractivity contribution is 7.89. The van der Waals surface area contributed by atoms with Crippen molar-refractivity contribution in [2.45, 2.75) is 51.5 Å². The average molecular weight is 529 g/mol. The van der Waals surface area contributed by atoms with E-state index >= 15 is 0 Å². The summed E-state index contributed by atoms with van der Waals surface area (Å²) in [5.74, 6) is 0.550. The van der Waals surface area contributed by atoms with Crippen molar-refractivity contribution < 1.29 is 18.0 Å². The van der Waals surface area contributed by atoms with E-state index in [4.69, 9.17) is 0 Å². The van der Waals surface area contributed by atoms with Crippen molar-refractivity contribution in [3.63, 3.8) is 0 Å². The Morgan fingerprint density at radius 2 is 1.68 bits per heavy atom. The Hall–Kier alpha value is -2.75. The first kappa shape index (κ1) is 28.8. The predicted molar refractivity (Wildman–Crippen MR) is 147 cm³/mol. The average Bonchev–Trinajstić information content (AvgIpc) is 2.90. The van der Waals surface area contributed by atoms with E-state index in [1.54, 1.807) is 31.2 Å². The molecule has 3 rings (SSSR count). The molecule has 0 radical (unpaired) electrons. The molecular weight excluding hydrogens is 488 g/mol. The van der Waals surface area contributed by atoms with Crippen molar-refractivity contribution in [3.05, 3.63) is 59.7 Å². The van der Waals surface area contributed by atoms with Crippen LogP contribution in [0.2, 0.25) is 0 Å².